The molecule has 0 aliphatic rings. The van der Waals surface area contributed by atoms with Crippen LogP contribution in [0.5, 0.6) is 5.75 Å². The van der Waals surface area contributed by atoms with Crippen LogP contribution >= 0.6 is 0 Å². The summed E-state index contributed by atoms with van der Waals surface area (Å²) in [6.45, 7) is 0.895. The van der Waals surface area contributed by atoms with Gasteiger partial charge < -0.3 is 19.1 Å². The molecule has 114 valence electrons. The molecule has 0 spiro atoms. The fraction of sp³-hybridized carbons (Fsp3) is 0.222. The molecule has 0 unspecified atom stereocenters. The lowest BCUT2D eigenvalue weighted by Crippen LogP contribution is -2.03. The zero-order chi connectivity index (χ0) is 15.4. The van der Waals surface area contributed by atoms with E-state index in [-0.39, 0.29) is 13.4 Å². The highest BCUT2D eigenvalue weighted by atomic mass is 16.7. The van der Waals surface area contributed by atoms with Gasteiger partial charge in [0.15, 0.2) is 6.79 Å². The number of hydrogen-bond donors (Lipinski definition) is 1. The Labute approximate surface area is 129 Å². The van der Waals surface area contributed by atoms with Crippen LogP contribution in [0.3, 0.4) is 0 Å². The van der Waals surface area contributed by atoms with Crippen LogP contribution in [0.25, 0.3) is 22.2 Å². The van der Waals surface area contributed by atoms with E-state index < -0.39 is 0 Å². The molecular formula is C18H19NO3. The molecule has 1 aromatic heterocycles. The van der Waals surface area contributed by atoms with Crippen molar-refractivity contribution in [1.82, 2.24) is 4.57 Å². The maximum atomic E-state index is 9.38. The van der Waals surface area contributed by atoms with Crippen LogP contribution < -0.4 is 4.74 Å². The van der Waals surface area contributed by atoms with Crippen LogP contribution in [-0.2, 0) is 11.3 Å². The van der Waals surface area contributed by atoms with Crippen molar-refractivity contribution in [2.75, 3.05) is 20.5 Å². The van der Waals surface area contributed by atoms with Gasteiger partial charge in [-0.25, -0.2) is 0 Å². The number of aromatic nitrogens is 1. The highest BCUT2D eigenvalue weighted by Gasteiger charge is 2.11. The monoisotopic (exact) mass is 297 g/mol. The van der Waals surface area contributed by atoms with Crippen LogP contribution in [-0.4, -0.2) is 30.2 Å². The molecule has 1 heterocycles. The van der Waals surface area contributed by atoms with E-state index in [1.165, 1.54) is 0 Å². The van der Waals surface area contributed by atoms with E-state index in [0.717, 1.165) is 27.9 Å². The van der Waals surface area contributed by atoms with E-state index in [2.05, 4.69) is 22.8 Å². The maximum absolute atomic E-state index is 9.38. The van der Waals surface area contributed by atoms with Gasteiger partial charge in [-0.05, 0) is 29.8 Å². The largest absolute Gasteiger partial charge is 0.468 e. The first kappa shape index (κ1) is 14.6. The van der Waals surface area contributed by atoms with E-state index in [4.69, 9.17) is 9.47 Å². The summed E-state index contributed by atoms with van der Waals surface area (Å²) < 4.78 is 12.6. The lowest BCUT2D eigenvalue weighted by Gasteiger charge is -2.09. The molecule has 22 heavy (non-hydrogen) atoms. The second-order valence-corrected chi connectivity index (χ2v) is 5.04. The summed E-state index contributed by atoms with van der Waals surface area (Å²) in [5.74, 6) is 0.773. The molecule has 0 atom stereocenters. The van der Waals surface area contributed by atoms with Crippen LogP contribution in [0, 0.1) is 0 Å². The number of nitrogens with zero attached hydrogens (tertiary/aromatic N) is 1. The van der Waals surface area contributed by atoms with Gasteiger partial charge in [-0.15, -0.1) is 0 Å². The molecule has 0 saturated heterocycles. The summed E-state index contributed by atoms with van der Waals surface area (Å²) in [4.78, 5) is 0. The standard InChI is InChI=1S/C18H19NO3/c1-21-13-22-16-7-8-17-15(11-16)12-18(19(17)9-10-20)14-5-3-2-4-6-14/h2-8,11-12,20H,9-10,13H2,1H3. The normalized spacial score (nSPS) is 11.0. The van der Waals surface area contributed by atoms with Gasteiger partial charge in [0.1, 0.15) is 5.75 Å². The SMILES string of the molecule is COCOc1ccc2c(c1)cc(-c1ccccc1)n2CCO. The van der Waals surface area contributed by atoms with E-state index in [1.54, 1.807) is 7.11 Å². The van der Waals surface area contributed by atoms with E-state index >= 15 is 0 Å². The summed E-state index contributed by atoms with van der Waals surface area (Å²) in [6.07, 6.45) is 0. The Morgan fingerprint density at radius 3 is 2.59 bits per heavy atom. The number of fused-ring (bicyclic) bond motifs is 1. The Kier molecular flexibility index (Phi) is 4.42. The maximum Gasteiger partial charge on any atom is 0.188 e. The minimum Gasteiger partial charge on any atom is -0.468 e. The Morgan fingerprint density at radius 1 is 1.05 bits per heavy atom. The number of aliphatic hydroxyl groups is 1. The van der Waals surface area contributed by atoms with Crippen molar-refractivity contribution in [2.45, 2.75) is 6.54 Å². The van der Waals surface area contributed by atoms with Crippen LogP contribution in [0.2, 0.25) is 0 Å². The number of hydrogen-bond acceptors (Lipinski definition) is 3. The van der Waals surface area contributed by atoms with Gasteiger partial charge >= 0.3 is 0 Å². The molecule has 0 radical (unpaired) electrons. The van der Waals surface area contributed by atoms with Gasteiger partial charge in [-0.1, -0.05) is 30.3 Å². The second-order valence-electron chi connectivity index (χ2n) is 5.04. The Bertz CT molecular complexity index is 750. The van der Waals surface area contributed by atoms with Crippen molar-refractivity contribution in [1.29, 1.82) is 0 Å². The average molecular weight is 297 g/mol. The summed E-state index contributed by atoms with van der Waals surface area (Å²) in [5, 5.41) is 10.5. The highest BCUT2D eigenvalue weighted by Crippen LogP contribution is 2.30. The molecule has 0 amide bonds. The first-order valence-electron chi connectivity index (χ1n) is 7.25. The molecule has 0 saturated carbocycles. The van der Waals surface area contributed by atoms with Crippen molar-refractivity contribution in [3.05, 3.63) is 54.6 Å². The quantitative estimate of drug-likeness (QED) is 0.710. The minimum atomic E-state index is 0.103. The van der Waals surface area contributed by atoms with E-state index in [9.17, 15) is 5.11 Å². The van der Waals surface area contributed by atoms with Gasteiger partial charge in [-0.3, -0.25) is 0 Å². The number of rotatable bonds is 6. The smallest absolute Gasteiger partial charge is 0.188 e. The van der Waals surface area contributed by atoms with Crippen molar-refractivity contribution >= 4 is 10.9 Å². The minimum absolute atomic E-state index is 0.103. The van der Waals surface area contributed by atoms with Gasteiger partial charge in [0, 0.05) is 30.3 Å². The summed E-state index contributed by atoms with van der Waals surface area (Å²) in [5.41, 5.74) is 3.30. The zero-order valence-electron chi connectivity index (χ0n) is 12.5. The van der Waals surface area contributed by atoms with E-state index in [1.807, 2.05) is 36.4 Å². The third kappa shape index (κ3) is 2.84. The first-order chi connectivity index (χ1) is 10.8. The first-order valence-corrected chi connectivity index (χ1v) is 7.25. The molecule has 3 rings (SSSR count). The zero-order valence-corrected chi connectivity index (χ0v) is 12.5. The number of methoxy groups -OCH3 is 1. The summed E-state index contributed by atoms with van der Waals surface area (Å²) in [7, 11) is 1.60. The summed E-state index contributed by atoms with van der Waals surface area (Å²) in [6, 6.07) is 18.2. The van der Waals surface area contributed by atoms with Gasteiger partial charge in [-0.2, -0.15) is 0 Å². The van der Waals surface area contributed by atoms with Gasteiger partial charge in [0.05, 0.1) is 6.61 Å². The molecule has 0 aliphatic heterocycles. The fourth-order valence-electron chi connectivity index (χ4n) is 2.65. The van der Waals surface area contributed by atoms with E-state index in [0.29, 0.717) is 6.54 Å². The Hall–Kier alpha value is -2.30. The molecule has 0 bridgehead atoms. The average Bonchev–Trinajstić information content (AvgIpc) is 2.92. The van der Waals surface area contributed by atoms with Crippen LogP contribution in [0.4, 0.5) is 0 Å². The molecule has 0 fully saturated rings. The molecule has 4 nitrogen and oxygen atoms in total. The van der Waals surface area contributed by atoms with Crippen LogP contribution in [0.1, 0.15) is 0 Å². The molecule has 4 heteroatoms. The number of aliphatic hydroxyl groups excluding tert-OH is 1. The third-order valence-electron chi connectivity index (χ3n) is 3.61. The molecule has 2 aromatic carbocycles. The van der Waals surface area contributed by atoms with Gasteiger partial charge in [0.25, 0.3) is 0 Å². The topological polar surface area (TPSA) is 43.6 Å². The van der Waals surface area contributed by atoms with Crippen LogP contribution in [0.15, 0.2) is 54.6 Å². The van der Waals surface area contributed by atoms with Crippen molar-refractivity contribution in [2.24, 2.45) is 0 Å². The third-order valence-corrected chi connectivity index (χ3v) is 3.61. The second kappa shape index (κ2) is 6.64. The van der Waals surface area contributed by atoms with Crippen molar-refractivity contribution < 1.29 is 14.6 Å². The van der Waals surface area contributed by atoms with Crippen molar-refractivity contribution in [3.63, 3.8) is 0 Å². The molecular weight excluding hydrogens is 278 g/mol. The molecule has 1 N–H and O–H groups in total. The number of benzene rings is 2. The lowest BCUT2D eigenvalue weighted by atomic mass is 10.1. The predicted octanol–water partition coefficient (Wildman–Crippen LogP) is 3.28. The highest BCUT2D eigenvalue weighted by molar-refractivity contribution is 5.88. The lowest BCUT2D eigenvalue weighted by molar-refractivity contribution is 0.0512. The Balaban J connectivity index is 2.09. The molecule has 3 aromatic rings. The predicted molar refractivity (Wildman–Crippen MR) is 87.0 cm³/mol. The number of ether oxygens (including phenoxy) is 2. The van der Waals surface area contributed by atoms with Crippen molar-refractivity contribution in [3.8, 4) is 17.0 Å². The summed E-state index contributed by atoms with van der Waals surface area (Å²) >= 11 is 0. The Morgan fingerprint density at radius 2 is 1.86 bits per heavy atom. The molecule has 0 aliphatic carbocycles. The van der Waals surface area contributed by atoms with Gasteiger partial charge in [0.2, 0.25) is 0 Å². The fourth-order valence-corrected chi connectivity index (χ4v) is 2.65.